The van der Waals surface area contributed by atoms with E-state index in [2.05, 4.69) is 23.8 Å². The predicted octanol–water partition coefficient (Wildman–Crippen LogP) is 1.91. The predicted molar refractivity (Wildman–Crippen MR) is 40.9 cm³/mol. The molecule has 0 bridgehead atoms. The Morgan fingerprint density at radius 3 is 2.40 bits per heavy atom. The summed E-state index contributed by atoms with van der Waals surface area (Å²) in [5, 5.41) is 0. The third kappa shape index (κ3) is 1.53. The van der Waals surface area contributed by atoms with Crippen LogP contribution in [0.15, 0.2) is 12.4 Å². The van der Waals surface area contributed by atoms with Crippen molar-refractivity contribution in [1.82, 2.24) is 9.97 Å². The second-order valence-corrected chi connectivity index (χ2v) is 2.74. The van der Waals surface area contributed by atoms with Crippen molar-refractivity contribution < 1.29 is 0 Å². The number of aryl methyl sites for hydroxylation is 1. The molecule has 0 N–H and O–H groups in total. The first kappa shape index (κ1) is 7.19. The molecule has 0 saturated heterocycles. The SMILES string of the molecule is Cc1cc(C(C)C)ncn1. The summed E-state index contributed by atoms with van der Waals surface area (Å²) in [5.41, 5.74) is 2.16. The van der Waals surface area contributed by atoms with Gasteiger partial charge in [0.1, 0.15) is 6.33 Å². The summed E-state index contributed by atoms with van der Waals surface area (Å²) in [5.74, 6) is 0.502. The Bertz CT molecular complexity index is 218. The Morgan fingerprint density at radius 1 is 1.30 bits per heavy atom. The molecule has 1 aromatic heterocycles. The van der Waals surface area contributed by atoms with Crippen LogP contribution in [-0.4, -0.2) is 9.97 Å². The average Bonchev–Trinajstić information content (AvgIpc) is 1.88. The standard InChI is InChI=1S/C8H12N2/c1-6(2)8-4-7(3)9-5-10-8/h4-6H,1-3H3. The molecule has 1 aromatic rings. The first-order chi connectivity index (χ1) is 4.70. The molecule has 0 aliphatic rings. The minimum absolute atomic E-state index is 0.502. The molecule has 0 fully saturated rings. The topological polar surface area (TPSA) is 25.8 Å². The fourth-order valence-corrected chi connectivity index (χ4v) is 0.791. The van der Waals surface area contributed by atoms with Gasteiger partial charge in [0, 0.05) is 11.4 Å². The fraction of sp³-hybridized carbons (Fsp3) is 0.500. The van der Waals surface area contributed by atoms with E-state index in [1.807, 2.05) is 13.0 Å². The maximum Gasteiger partial charge on any atom is 0.115 e. The first-order valence-electron chi connectivity index (χ1n) is 3.48. The zero-order valence-corrected chi connectivity index (χ0v) is 6.63. The van der Waals surface area contributed by atoms with E-state index in [-0.39, 0.29) is 0 Å². The smallest absolute Gasteiger partial charge is 0.115 e. The van der Waals surface area contributed by atoms with E-state index in [0.29, 0.717) is 5.92 Å². The van der Waals surface area contributed by atoms with Crippen molar-refractivity contribution in [2.24, 2.45) is 0 Å². The van der Waals surface area contributed by atoms with Gasteiger partial charge in [0.15, 0.2) is 0 Å². The van der Waals surface area contributed by atoms with Crippen LogP contribution in [0.2, 0.25) is 0 Å². The van der Waals surface area contributed by atoms with Gasteiger partial charge in [-0.2, -0.15) is 0 Å². The van der Waals surface area contributed by atoms with Gasteiger partial charge in [-0.1, -0.05) is 13.8 Å². The van der Waals surface area contributed by atoms with E-state index >= 15 is 0 Å². The largest absolute Gasteiger partial charge is 0.242 e. The van der Waals surface area contributed by atoms with Gasteiger partial charge in [-0.15, -0.1) is 0 Å². The van der Waals surface area contributed by atoms with E-state index in [9.17, 15) is 0 Å². The molecule has 0 aliphatic heterocycles. The van der Waals surface area contributed by atoms with Gasteiger partial charge in [-0.05, 0) is 18.9 Å². The second kappa shape index (κ2) is 2.78. The number of aromatic nitrogens is 2. The normalized spacial score (nSPS) is 10.4. The molecule has 0 saturated carbocycles. The number of rotatable bonds is 1. The van der Waals surface area contributed by atoms with Crippen molar-refractivity contribution in [3.05, 3.63) is 23.8 Å². The van der Waals surface area contributed by atoms with Crippen molar-refractivity contribution in [3.8, 4) is 0 Å². The van der Waals surface area contributed by atoms with E-state index < -0.39 is 0 Å². The van der Waals surface area contributed by atoms with Crippen LogP contribution in [0.4, 0.5) is 0 Å². The highest BCUT2D eigenvalue weighted by Gasteiger charge is 1.98. The van der Waals surface area contributed by atoms with Crippen molar-refractivity contribution in [3.63, 3.8) is 0 Å². The Hall–Kier alpha value is -0.920. The lowest BCUT2D eigenvalue weighted by Crippen LogP contribution is -1.93. The summed E-state index contributed by atoms with van der Waals surface area (Å²) in [6, 6.07) is 2.02. The maximum absolute atomic E-state index is 4.13. The molecule has 0 aromatic carbocycles. The average molecular weight is 136 g/mol. The lowest BCUT2D eigenvalue weighted by Gasteiger charge is -2.02. The van der Waals surface area contributed by atoms with E-state index in [0.717, 1.165) is 11.4 Å². The molecule has 1 rings (SSSR count). The summed E-state index contributed by atoms with van der Waals surface area (Å²) >= 11 is 0. The van der Waals surface area contributed by atoms with Crippen LogP contribution in [0.5, 0.6) is 0 Å². The summed E-state index contributed by atoms with van der Waals surface area (Å²) in [7, 11) is 0. The monoisotopic (exact) mass is 136 g/mol. The molecule has 0 amide bonds. The molecule has 0 spiro atoms. The Labute approximate surface area is 61.3 Å². The summed E-state index contributed by atoms with van der Waals surface area (Å²) in [4.78, 5) is 8.14. The van der Waals surface area contributed by atoms with Gasteiger partial charge in [0.25, 0.3) is 0 Å². The van der Waals surface area contributed by atoms with Gasteiger partial charge in [-0.25, -0.2) is 9.97 Å². The molecule has 0 aliphatic carbocycles. The molecule has 2 nitrogen and oxygen atoms in total. The zero-order valence-electron chi connectivity index (χ0n) is 6.63. The fourth-order valence-electron chi connectivity index (χ4n) is 0.791. The van der Waals surface area contributed by atoms with Crippen LogP contribution in [0.3, 0.4) is 0 Å². The third-order valence-electron chi connectivity index (χ3n) is 1.42. The van der Waals surface area contributed by atoms with Gasteiger partial charge in [0.05, 0.1) is 0 Å². The van der Waals surface area contributed by atoms with Gasteiger partial charge >= 0.3 is 0 Å². The van der Waals surface area contributed by atoms with Crippen molar-refractivity contribution in [2.75, 3.05) is 0 Å². The first-order valence-corrected chi connectivity index (χ1v) is 3.48. The Morgan fingerprint density at radius 2 is 2.00 bits per heavy atom. The van der Waals surface area contributed by atoms with E-state index in [4.69, 9.17) is 0 Å². The van der Waals surface area contributed by atoms with E-state index in [1.54, 1.807) is 6.33 Å². The van der Waals surface area contributed by atoms with E-state index in [1.165, 1.54) is 0 Å². The van der Waals surface area contributed by atoms with Crippen LogP contribution in [0.25, 0.3) is 0 Å². The lowest BCUT2D eigenvalue weighted by atomic mass is 10.1. The van der Waals surface area contributed by atoms with Crippen LogP contribution in [0, 0.1) is 6.92 Å². The van der Waals surface area contributed by atoms with Gasteiger partial charge in [0.2, 0.25) is 0 Å². The van der Waals surface area contributed by atoms with Crippen LogP contribution >= 0.6 is 0 Å². The highest BCUT2D eigenvalue weighted by Crippen LogP contribution is 2.09. The van der Waals surface area contributed by atoms with Gasteiger partial charge < -0.3 is 0 Å². The molecule has 0 unspecified atom stereocenters. The highest BCUT2D eigenvalue weighted by molar-refractivity contribution is 5.09. The molecular weight excluding hydrogens is 124 g/mol. The summed E-state index contributed by atoms with van der Waals surface area (Å²) < 4.78 is 0. The highest BCUT2D eigenvalue weighted by atomic mass is 14.8. The van der Waals surface area contributed by atoms with Crippen molar-refractivity contribution in [2.45, 2.75) is 26.7 Å². The van der Waals surface area contributed by atoms with Crippen molar-refractivity contribution in [1.29, 1.82) is 0 Å². The molecule has 54 valence electrons. The van der Waals surface area contributed by atoms with Crippen LogP contribution in [-0.2, 0) is 0 Å². The number of hydrogen-bond donors (Lipinski definition) is 0. The minimum Gasteiger partial charge on any atom is -0.242 e. The molecule has 0 atom stereocenters. The third-order valence-corrected chi connectivity index (χ3v) is 1.42. The molecular formula is C8H12N2. The minimum atomic E-state index is 0.502. The molecule has 10 heavy (non-hydrogen) atoms. The Kier molecular flexibility index (Phi) is 2.00. The summed E-state index contributed by atoms with van der Waals surface area (Å²) in [6.07, 6.45) is 1.62. The number of nitrogens with zero attached hydrogens (tertiary/aromatic N) is 2. The number of hydrogen-bond acceptors (Lipinski definition) is 2. The zero-order chi connectivity index (χ0) is 7.56. The van der Waals surface area contributed by atoms with Crippen molar-refractivity contribution >= 4 is 0 Å². The second-order valence-electron chi connectivity index (χ2n) is 2.74. The van der Waals surface area contributed by atoms with Crippen LogP contribution < -0.4 is 0 Å². The lowest BCUT2D eigenvalue weighted by molar-refractivity contribution is 0.809. The molecule has 2 heteroatoms. The van der Waals surface area contributed by atoms with Gasteiger partial charge in [-0.3, -0.25) is 0 Å². The Balaban J connectivity index is 2.96. The maximum atomic E-state index is 4.13. The van der Waals surface area contributed by atoms with Crippen LogP contribution in [0.1, 0.15) is 31.2 Å². The molecule has 0 radical (unpaired) electrons. The molecule has 1 heterocycles. The quantitative estimate of drug-likeness (QED) is 0.589. The summed E-state index contributed by atoms with van der Waals surface area (Å²) in [6.45, 7) is 6.23.